The molecule has 164 valence electrons. The normalized spacial score (nSPS) is 11.8. The Morgan fingerprint density at radius 3 is 2.25 bits per heavy atom. The summed E-state index contributed by atoms with van der Waals surface area (Å²) < 4.78 is 4.31. The third kappa shape index (κ3) is 4.49. The van der Waals surface area contributed by atoms with Gasteiger partial charge in [-0.1, -0.05) is 106 Å². The summed E-state index contributed by atoms with van der Waals surface area (Å²) in [6.45, 7) is 2.29. The van der Waals surface area contributed by atoms with Crippen molar-refractivity contribution in [1.82, 2.24) is 0 Å². The molecule has 0 unspecified atom stereocenters. The Balaban J connectivity index is 1.38. The summed E-state index contributed by atoms with van der Waals surface area (Å²) in [7, 11) is 0. The average Bonchev–Trinajstić information content (AvgIpc) is 3.42. The zero-order chi connectivity index (χ0) is 21.8. The van der Waals surface area contributed by atoms with Crippen molar-refractivity contribution in [2.24, 2.45) is 0 Å². The monoisotopic (exact) mass is 456 g/mol. The van der Waals surface area contributed by atoms with Gasteiger partial charge < -0.3 is 0 Å². The van der Waals surface area contributed by atoms with E-state index in [1.54, 1.807) is 4.88 Å². The quantitative estimate of drug-likeness (QED) is 0.183. The third-order valence-corrected chi connectivity index (χ3v) is 8.99. The number of thiophene rings is 2. The molecule has 2 aromatic heterocycles. The molecule has 0 spiro atoms. The van der Waals surface area contributed by atoms with Gasteiger partial charge in [-0.15, -0.1) is 22.7 Å². The molecule has 32 heavy (non-hydrogen) atoms. The van der Waals surface area contributed by atoms with Crippen molar-refractivity contribution in [1.29, 1.82) is 0 Å². The molecule has 0 saturated carbocycles. The lowest BCUT2D eigenvalue weighted by molar-refractivity contribution is 0.576. The first-order valence-corrected chi connectivity index (χ1v) is 13.9. The van der Waals surface area contributed by atoms with Crippen molar-refractivity contribution in [3.63, 3.8) is 0 Å². The molecule has 5 aromatic rings. The minimum atomic E-state index is 1.23. The predicted octanol–water partition coefficient (Wildman–Crippen LogP) is 10.6. The first-order valence-electron chi connectivity index (χ1n) is 12.3. The van der Waals surface area contributed by atoms with Gasteiger partial charge in [0.15, 0.2) is 0 Å². The number of fused-ring (bicyclic) bond motifs is 5. The van der Waals surface area contributed by atoms with Gasteiger partial charge in [0.1, 0.15) is 0 Å². The topological polar surface area (TPSA) is 0 Å². The summed E-state index contributed by atoms with van der Waals surface area (Å²) in [5.74, 6) is 0. The van der Waals surface area contributed by atoms with E-state index >= 15 is 0 Å². The fourth-order valence-corrected chi connectivity index (χ4v) is 7.41. The number of aryl methyl sites for hydroxylation is 1. The fraction of sp³-hybridized carbons (Fsp3) is 0.333. The van der Waals surface area contributed by atoms with Gasteiger partial charge >= 0.3 is 0 Å². The minimum Gasteiger partial charge on any atom is -0.140 e. The Labute approximate surface area is 199 Å². The van der Waals surface area contributed by atoms with Crippen LogP contribution in [0, 0.1) is 0 Å². The van der Waals surface area contributed by atoms with Gasteiger partial charge in [0.2, 0.25) is 0 Å². The molecular formula is C30H32S2. The van der Waals surface area contributed by atoms with Crippen LogP contribution in [-0.2, 0) is 6.42 Å². The zero-order valence-electron chi connectivity index (χ0n) is 19.0. The largest absolute Gasteiger partial charge is 0.140 e. The molecule has 3 aromatic carbocycles. The molecule has 0 nitrogen and oxygen atoms in total. The van der Waals surface area contributed by atoms with E-state index in [0.29, 0.717) is 0 Å². The molecule has 0 radical (unpaired) electrons. The van der Waals surface area contributed by atoms with Crippen molar-refractivity contribution < 1.29 is 0 Å². The Kier molecular flexibility index (Phi) is 6.90. The summed E-state index contributed by atoms with van der Waals surface area (Å²) in [4.78, 5) is 1.55. The molecule has 0 saturated heterocycles. The summed E-state index contributed by atoms with van der Waals surface area (Å²) in [6, 6.07) is 24.8. The molecule has 0 aliphatic carbocycles. The molecule has 0 aliphatic rings. The highest BCUT2D eigenvalue weighted by atomic mass is 32.1. The van der Waals surface area contributed by atoms with E-state index in [1.165, 1.54) is 99.2 Å². The second-order valence-electron chi connectivity index (χ2n) is 8.94. The zero-order valence-corrected chi connectivity index (χ0v) is 20.7. The lowest BCUT2D eigenvalue weighted by atomic mass is 10.0. The van der Waals surface area contributed by atoms with Gasteiger partial charge in [-0.2, -0.15) is 0 Å². The van der Waals surface area contributed by atoms with Gasteiger partial charge in [0.25, 0.3) is 0 Å². The van der Waals surface area contributed by atoms with Crippen LogP contribution < -0.4 is 0 Å². The predicted molar refractivity (Wildman–Crippen MR) is 146 cm³/mol. The van der Waals surface area contributed by atoms with E-state index < -0.39 is 0 Å². The lowest BCUT2D eigenvalue weighted by Gasteiger charge is -2.03. The molecule has 0 amide bonds. The summed E-state index contributed by atoms with van der Waals surface area (Å²) in [5.41, 5.74) is 2.66. The maximum Gasteiger partial charge on any atom is 0.0438 e. The first-order chi connectivity index (χ1) is 15.8. The highest BCUT2D eigenvalue weighted by Crippen LogP contribution is 2.44. The van der Waals surface area contributed by atoms with E-state index in [-0.39, 0.29) is 0 Å². The maximum absolute atomic E-state index is 2.45. The van der Waals surface area contributed by atoms with Gasteiger partial charge in [-0.25, -0.2) is 0 Å². The SMILES string of the molecule is CCCCCCCCCCc1cc2ccc3sc4c(-c5ccccc5)cccc4c3c2s1. The van der Waals surface area contributed by atoms with E-state index in [2.05, 4.69) is 73.7 Å². The molecule has 0 fully saturated rings. The van der Waals surface area contributed by atoms with Crippen LogP contribution in [-0.4, -0.2) is 0 Å². The fourth-order valence-electron chi connectivity index (χ4n) is 4.83. The second-order valence-corrected chi connectivity index (χ2v) is 11.1. The van der Waals surface area contributed by atoms with E-state index in [9.17, 15) is 0 Å². The van der Waals surface area contributed by atoms with Crippen molar-refractivity contribution >= 4 is 52.9 Å². The Hall–Kier alpha value is -2.16. The number of benzene rings is 3. The lowest BCUT2D eigenvalue weighted by Crippen LogP contribution is -1.83. The molecule has 5 rings (SSSR count). The third-order valence-electron chi connectivity index (χ3n) is 6.56. The standard InChI is InChI=1S/C30H32S2/c1-2-3-4-5-6-7-8-12-16-24-21-23-19-20-27-28(29(23)31-24)26-18-13-17-25(30(26)32-27)22-14-10-9-11-15-22/h9-11,13-15,17-21H,2-8,12,16H2,1H3. The van der Waals surface area contributed by atoms with Crippen molar-refractivity contribution in [2.75, 3.05) is 0 Å². The number of rotatable bonds is 10. The minimum absolute atomic E-state index is 1.23. The van der Waals surface area contributed by atoms with Crippen LogP contribution in [0.3, 0.4) is 0 Å². The van der Waals surface area contributed by atoms with Crippen LogP contribution in [0.5, 0.6) is 0 Å². The summed E-state index contributed by atoms with van der Waals surface area (Å²) in [6.07, 6.45) is 12.3. The summed E-state index contributed by atoms with van der Waals surface area (Å²) >= 11 is 3.98. The molecular weight excluding hydrogens is 424 g/mol. The highest BCUT2D eigenvalue weighted by Gasteiger charge is 2.14. The molecule has 0 atom stereocenters. The maximum atomic E-state index is 2.45. The van der Waals surface area contributed by atoms with Crippen LogP contribution in [0.15, 0.2) is 66.7 Å². The van der Waals surface area contributed by atoms with Crippen LogP contribution in [0.2, 0.25) is 0 Å². The molecule has 0 N–H and O–H groups in total. The van der Waals surface area contributed by atoms with E-state index in [1.807, 2.05) is 22.7 Å². The van der Waals surface area contributed by atoms with Gasteiger partial charge in [-0.05, 0) is 41.5 Å². The van der Waals surface area contributed by atoms with Crippen LogP contribution >= 0.6 is 22.7 Å². The number of hydrogen-bond acceptors (Lipinski definition) is 2. The van der Waals surface area contributed by atoms with Crippen LogP contribution in [0.1, 0.15) is 63.2 Å². The van der Waals surface area contributed by atoms with E-state index in [0.717, 1.165) is 0 Å². The second kappa shape index (κ2) is 10.2. The smallest absolute Gasteiger partial charge is 0.0438 e. The van der Waals surface area contributed by atoms with Gasteiger partial charge in [0.05, 0.1) is 0 Å². The molecule has 2 heterocycles. The van der Waals surface area contributed by atoms with Crippen molar-refractivity contribution in [2.45, 2.75) is 64.7 Å². The van der Waals surface area contributed by atoms with Gasteiger partial charge in [0, 0.05) is 29.7 Å². The van der Waals surface area contributed by atoms with Crippen molar-refractivity contribution in [3.8, 4) is 11.1 Å². The number of unbranched alkanes of at least 4 members (excludes halogenated alkanes) is 7. The van der Waals surface area contributed by atoms with Gasteiger partial charge in [-0.3, -0.25) is 0 Å². The number of hydrogen-bond donors (Lipinski definition) is 0. The Morgan fingerprint density at radius 1 is 0.656 bits per heavy atom. The molecule has 0 aliphatic heterocycles. The Bertz CT molecular complexity index is 1310. The highest BCUT2D eigenvalue weighted by molar-refractivity contribution is 7.28. The van der Waals surface area contributed by atoms with E-state index in [4.69, 9.17) is 0 Å². The first kappa shape index (κ1) is 21.7. The molecule has 2 heteroatoms. The van der Waals surface area contributed by atoms with Crippen LogP contribution in [0.4, 0.5) is 0 Å². The Morgan fingerprint density at radius 2 is 1.44 bits per heavy atom. The van der Waals surface area contributed by atoms with Crippen LogP contribution in [0.25, 0.3) is 41.4 Å². The summed E-state index contributed by atoms with van der Waals surface area (Å²) in [5, 5.41) is 4.30. The van der Waals surface area contributed by atoms with Crippen molar-refractivity contribution in [3.05, 3.63) is 71.6 Å². The molecule has 0 bridgehead atoms. The average molecular weight is 457 g/mol.